The minimum atomic E-state index is -0.760. The van der Waals surface area contributed by atoms with Crippen molar-refractivity contribution in [1.29, 1.82) is 0 Å². The number of hydrogen-bond donors (Lipinski definition) is 2. The first kappa shape index (κ1) is 11.5. The molecule has 5 nitrogen and oxygen atoms in total. The quantitative estimate of drug-likeness (QED) is 0.856. The maximum atomic E-state index is 10.8. The van der Waals surface area contributed by atoms with Crippen LogP contribution in [0, 0.1) is 12.8 Å². The van der Waals surface area contributed by atoms with E-state index in [9.17, 15) is 4.79 Å². The van der Waals surface area contributed by atoms with Crippen LogP contribution in [0.1, 0.15) is 24.0 Å². The summed E-state index contributed by atoms with van der Waals surface area (Å²) in [6.45, 7) is 2.37. The number of aryl methyl sites for hydroxylation is 1. The van der Waals surface area contributed by atoms with Crippen molar-refractivity contribution in [2.75, 3.05) is 6.54 Å². The van der Waals surface area contributed by atoms with Crippen molar-refractivity contribution < 1.29 is 9.90 Å². The van der Waals surface area contributed by atoms with Crippen LogP contribution in [0.3, 0.4) is 0 Å². The zero-order chi connectivity index (χ0) is 11.7. The lowest BCUT2D eigenvalue weighted by Crippen LogP contribution is -2.18. The molecule has 1 aliphatic heterocycles. The molecule has 1 fully saturated rings. The zero-order valence-electron chi connectivity index (χ0n) is 8.77. The molecule has 1 aromatic heterocycles. The Balaban J connectivity index is 2.14. The van der Waals surface area contributed by atoms with Gasteiger partial charge in [0.1, 0.15) is 5.82 Å². The van der Waals surface area contributed by atoms with Crippen LogP contribution in [0.2, 0.25) is 0 Å². The number of rotatable bonds is 2. The van der Waals surface area contributed by atoms with Crippen molar-refractivity contribution in [2.45, 2.75) is 19.4 Å². The van der Waals surface area contributed by atoms with Crippen molar-refractivity contribution in [2.24, 2.45) is 5.92 Å². The largest absolute Gasteiger partial charge is 0.481 e. The number of nitrogens with zero attached hydrogens (tertiary/aromatic N) is 2. The minimum absolute atomic E-state index is 0.0482. The molecule has 6 heteroatoms. The maximum absolute atomic E-state index is 10.8. The number of nitrogens with one attached hydrogen (secondary N) is 1. The summed E-state index contributed by atoms with van der Waals surface area (Å²) < 4.78 is 0.865. The van der Waals surface area contributed by atoms with Crippen LogP contribution in [0.25, 0.3) is 0 Å². The average molecular weight is 286 g/mol. The third kappa shape index (κ3) is 2.22. The van der Waals surface area contributed by atoms with Crippen molar-refractivity contribution in [1.82, 2.24) is 15.3 Å². The number of halogens is 1. The Kier molecular flexibility index (Phi) is 3.20. The highest BCUT2D eigenvalue weighted by Gasteiger charge is 2.31. The van der Waals surface area contributed by atoms with E-state index < -0.39 is 5.97 Å². The number of carbonyl (C=O) groups is 1. The van der Waals surface area contributed by atoms with Gasteiger partial charge in [-0.2, -0.15) is 0 Å². The second-order valence-corrected chi connectivity index (χ2v) is 4.75. The Hall–Kier alpha value is -1.01. The molecule has 1 aliphatic rings. The highest BCUT2D eigenvalue weighted by Crippen LogP contribution is 2.25. The first-order valence-corrected chi connectivity index (χ1v) is 5.82. The molecule has 0 amide bonds. The van der Waals surface area contributed by atoms with E-state index in [2.05, 4.69) is 31.2 Å². The number of aromatic nitrogens is 2. The summed E-state index contributed by atoms with van der Waals surface area (Å²) in [4.78, 5) is 19.3. The Morgan fingerprint density at radius 3 is 3.00 bits per heavy atom. The van der Waals surface area contributed by atoms with E-state index in [1.165, 1.54) is 0 Å². The molecule has 2 unspecified atom stereocenters. The van der Waals surface area contributed by atoms with E-state index >= 15 is 0 Å². The molecule has 1 aromatic rings. The van der Waals surface area contributed by atoms with Crippen LogP contribution in [0.5, 0.6) is 0 Å². The molecule has 1 saturated heterocycles. The number of carboxylic acids is 1. The SMILES string of the molecule is Cc1nc(C2CC(C(=O)O)CN2)ncc1Br. The predicted molar refractivity (Wildman–Crippen MR) is 61.0 cm³/mol. The van der Waals surface area contributed by atoms with Gasteiger partial charge < -0.3 is 10.4 Å². The minimum Gasteiger partial charge on any atom is -0.481 e. The van der Waals surface area contributed by atoms with Crippen LogP contribution in [-0.4, -0.2) is 27.6 Å². The maximum Gasteiger partial charge on any atom is 0.307 e. The van der Waals surface area contributed by atoms with Crippen LogP contribution < -0.4 is 5.32 Å². The van der Waals surface area contributed by atoms with E-state index in [4.69, 9.17) is 5.11 Å². The first-order chi connectivity index (χ1) is 7.58. The standard InChI is InChI=1S/C10H12BrN3O2/c1-5-7(11)4-13-9(14-5)8-2-6(3-12-8)10(15)16/h4,6,8,12H,2-3H2,1H3,(H,15,16). The lowest BCUT2D eigenvalue weighted by atomic mass is 10.1. The molecule has 2 atom stereocenters. The van der Waals surface area contributed by atoms with E-state index in [-0.39, 0.29) is 12.0 Å². The summed E-state index contributed by atoms with van der Waals surface area (Å²) in [5.41, 5.74) is 0.866. The molecule has 0 aliphatic carbocycles. The first-order valence-electron chi connectivity index (χ1n) is 5.03. The van der Waals surface area contributed by atoms with Crippen LogP contribution in [0.15, 0.2) is 10.7 Å². The Labute approximate surface area is 101 Å². The van der Waals surface area contributed by atoms with E-state index in [0.29, 0.717) is 18.8 Å². The number of carboxylic acid groups (broad SMARTS) is 1. The molecule has 16 heavy (non-hydrogen) atoms. The summed E-state index contributed by atoms with van der Waals surface area (Å²) in [6, 6.07) is -0.0482. The monoisotopic (exact) mass is 285 g/mol. The van der Waals surface area contributed by atoms with Gasteiger partial charge in [-0.25, -0.2) is 9.97 Å². The molecule has 2 heterocycles. The molecule has 0 saturated carbocycles. The molecule has 2 rings (SSSR count). The smallest absolute Gasteiger partial charge is 0.307 e. The van der Waals surface area contributed by atoms with Gasteiger partial charge in [0, 0.05) is 12.7 Å². The van der Waals surface area contributed by atoms with Crippen molar-refractivity contribution >= 4 is 21.9 Å². The predicted octanol–water partition coefficient (Wildman–Crippen LogP) is 1.28. The van der Waals surface area contributed by atoms with Gasteiger partial charge >= 0.3 is 5.97 Å². The van der Waals surface area contributed by atoms with Crippen LogP contribution in [-0.2, 0) is 4.79 Å². The molecule has 0 radical (unpaired) electrons. The fraction of sp³-hybridized carbons (Fsp3) is 0.500. The summed E-state index contributed by atoms with van der Waals surface area (Å²) in [7, 11) is 0. The van der Waals surface area contributed by atoms with Gasteiger partial charge in [-0.05, 0) is 29.3 Å². The van der Waals surface area contributed by atoms with Gasteiger partial charge in [-0.1, -0.05) is 0 Å². The van der Waals surface area contributed by atoms with Gasteiger partial charge in [0.2, 0.25) is 0 Å². The zero-order valence-corrected chi connectivity index (χ0v) is 10.4. The summed E-state index contributed by atoms with van der Waals surface area (Å²) in [6.07, 6.45) is 2.25. The molecule has 0 bridgehead atoms. The highest BCUT2D eigenvalue weighted by molar-refractivity contribution is 9.10. The normalized spacial score (nSPS) is 24.6. The van der Waals surface area contributed by atoms with Crippen molar-refractivity contribution in [3.63, 3.8) is 0 Å². The third-order valence-electron chi connectivity index (χ3n) is 2.73. The van der Waals surface area contributed by atoms with Crippen LogP contribution in [0.4, 0.5) is 0 Å². The van der Waals surface area contributed by atoms with Gasteiger partial charge in [-0.15, -0.1) is 0 Å². The van der Waals surface area contributed by atoms with Gasteiger partial charge in [-0.3, -0.25) is 4.79 Å². The molecule has 0 aromatic carbocycles. The second kappa shape index (κ2) is 4.47. The van der Waals surface area contributed by atoms with Gasteiger partial charge in [0.15, 0.2) is 0 Å². The molecule has 0 spiro atoms. The molecule has 86 valence electrons. The average Bonchev–Trinajstić information content (AvgIpc) is 2.71. The lowest BCUT2D eigenvalue weighted by Gasteiger charge is -2.09. The van der Waals surface area contributed by atoms with Crippen molar-refractivity contribution in [3.05, 3.63) is 22.2 Å². The fourth-order valence-electron chi connectivity index (χ4n) is 1.76. The molecular formula is C10H12BrN3O2. The van der Waals surface area contributed by atoms with Gasteiger partial charge in [0.25, 0.3) is 0 Å². The van der Waals surface area contributed by atoms with Gasteiger partial charge in [0.05, 0.1) is 22.1 Å². The molecule has 2 N–H and O–H groups in total. The number of aliphatic carboxylic acids is 1. The van der Waals surface area contributed by atoms with Crippen molar-refractivity contribution in [3.8, 4) is 0 Å². The molecular weight excluding hydrogens is 274 g/mol. The number of hydrogen-bond acceptors (Lipinski definition) is 4. The van der Waals surface area contributed by atoms with E-state index in [1.54, 1.807) is 6.20 Å². The third-order valence-corrected chi connectivity index (χ3v) is 3.51. The topological polar surface area (TPSA) is 75.1 Å². The van der Waals surface area contributed by atoms with E-state index in [0.717, 1.165) is 10.2 Å². The highest BCUT2D eigenvalue weighted by atomic mass is 79.9. The fourth-order valence-corrected chi connectivity index (χ4v) is 1.95. The Morgan fingerprint density at radius 1 is 1.69 bits per heavy atom. The summed E-state index contributed by atoms with van der Waals surface area (Å²) in [5.74, 6) is -0.425. The Bertz CT molecular complexity index is 425. The van der Waals surface area contributed by atoms with Crippen LogP contribution >= 0.6 is 15.9 Å². The van der Waals surface area contributed by atoms with E-state index in [1.807, 2.05) is 6.92 Å². The summed E-state index contributed by atoms with van der Waals surface area (Å²) >= 11 is 3.33. The summed E-state index contributed by atoms with van der Waals surface area (Å²) in [5, 5.41) is 12.0. The Morgan fingerprint density at radius 2 is 2.44 bits per heavy atom. The lowest BCUT2D eigenvalue weighted by molar-refractivity contribution is -0.141. The second-order valence-electron chi connectivity index (χ2n) is 3.89.